The Hall–Kier alpha value is -2.15. The van der Waals surface area contributed by atoms with Crippen molar-refractivity contribution in [1.82, 2.24) is 0 Å². The van der Waals surface area contributed by atoms with Crippen molar-refractivity contribution < 1.29 is 4.79 Å². The molecule has 0 aromatic heterocycles. The zero-order valence-corrected chi connectivity index (χ0v) is 8.76. The largest absolute Gasteiger partial charge is 0.286 e. The van der Waals surface area contributed by atoms with E-state index in [4.69, 9.17) is 0 Å². The van der Waals surface area contributed by atoms with Crippen molar-refractivity contribution in [2.45, 2.75) is 0 Å². The molecule has 0 saturated carbocycles. The van der Waals surface area contributed by atoms with Crippen LogP contribution < -0.4 is 0 Å². The first-order valence-corrected chi connectivity index (χ1v) is 5.10. The summed E-state index contributed by atoms with van der Waals surface area (Å²) in [5.74, 6) is 0. The molecule has 2 aromatic rings. The first-order chi connectivity index (χ1) is 7.90. The van der Waals surface area contributed by atoms with E-state index >= 15 is 0 Å². The fourth-order valence-electron chi connectivity index (χ4n) is 1.57. The zero-order chi connectivity index (χ0) is 11.2. The maximum Gasteiger partial charge on any atom is 0.225 e. The van der Waals surface area contributed by atoms with Gasteiger partial charge in [0.1, 0.15) is 0 Å². The van der Waals surface area contributed by atoms with Crippen molar-refractivity contribution in [1.29, 1.82) is 0 Å². The highest BCUT2D eigenvalue weighted by atomic mass is 16.1. The molecular weight excluding hydrogens is 196 g/mol. The van der Waals surface area contributed by atoms with Crippen LogP contribution in [-0.2, 0) is 4.79 Å². The molecule has 2 aromatic carbocycles. The van der Waals surface area contributed by atoms with Crippen LogP contribution in [0.1, 0.15) is 5.56 Å². The third kappa shape index (κ3) is 2.45. The number of hydrogen-bond donors (Lipinski definition) is 0. The average molecular weight is 207 g/mol. The van der Waals surface area contributed by atoms with Crippen molar-refractivity contribution in [3.05, 3.63) is 66.3 Å². The summed E-state index contributed by atoms with van der Waals surface area (Å²) in [6.07, 6.45) is 8.50. The maximum absolute atomic E-state index is 9.95. The molecule has 0 atom stereocenters. The van der Waals surface area contributed by atoms with Gasteiger partial charge in [-0.1, -0.05) is 54.6 Å². The Balaban J connectivity index is 2.29. The lowest BCUT2D eigenvalue weighted by Gasteiger charge is -1.98. The van der Waals surface area contributed by atoms with Gasteiger partial charge in [0.05, 0.1) is 0 Å². The van der Waals surface area contributed by atoms with Crippen LogP contribution in [0.5, 0.6) is 0 Å². The predicted octanol–water partition coefficient (Wildman–Crippen LogP) is 3.52. The lowest BCUT2D eigenvalue weighted by Crippen LogP contribution is -1.74. The molecule has 77 valence electrons. The van der Waals surface area contributed by atoms with Gasteiger partial charge in [0, 0.05) is 0 Å². The molecule has 0 aliphatic heterocycles. The molecule has 1 radical (unpaired) electrons. The van der Waals surface area contributed by atoms with Crippen molar-refractivity contribution in [3.8, 4) is 0 Å². The van der Waals surface area contributed by atoms with Gasteiger partial charge in [0.15, 0.2) is 0 Å². The number of rotatable bonds is 3. The van der Waals surface area contributed by atoms with Crippen molar-refractivity contribution >= 4 is 23.1 Å². The Kier molecular flexibility index (Phi) is 3.29. The number of benzene rings is 2. The Morgan fingerprint density at radius 1 is 0.938 bits per heavy atom. The molecule has 2 rings (SSSR count). The zero-order valence-electron chi connectivity index (χ0n) is 8.76. The standard InChI is InChI=1S/C15H11O/c16-11-5-1-2-6-13-9-10-14-7-3-4-8-15(14)12-13/h1-10,12H. The minimum absolute atomic E-state index is 1.12. The van der Waals surface area contributed by atoms with E-state index in [9.17, 15) is 4.79 Å². The summed E-state index contributed by atoms with van der Waals surface area (Å²) in [6.45, 7) is 0. The smallest absolute Gasteiger partial charge is 0.225 e. The minimum Gasteiger partial charge on any atom is -0.286 e. The summed E-state index contributed by atoms with van der Waals surface area (Å²) >= 11 is 0. The topological polar surface area (TPSA) is 17.1 Å². The summed E-state index contributed by atoms with van der Waals surface area (Å²) in [5, 5.41) is 2.45. The maximum atomic E-state index is 9.95. The van der Waals surface area contributed by atoms with Gasteiger partial charge in [-0.2, -0.15) is 0 Å². The van der Waals surface area contributed by atoms with Gasteiger partial charge >= 0.3 is 0 Å². The molecule has 1 heteroatoms. The fraction of sp³-hybridized carbons (Fsp3) is 0. The first kappa shape index (κ1) is 10.4. The van der Waals surface area contributed by atoms with Crippen LogP contribution in [0.2, 0.25) is 0 Å². The van der Waals surface area contributed by atoms with Crippen LogP contribution in [0.25, 0.3) is 16.8 Å². The molecule has 0 heterocycles. The number of hydrogen-bond acceptors (Lipinski definition) is 1. The number of carbonyl (C=O) groups excluding carboxylic acids is 1. The van der Waals surface area contributed by atoms with Crippen LogP contribution >= 0.6 is 0 Å². The van der Waals surface area contributed by atoms with Crippen molar-refractivity contribution in [2.24, 2.45) is 0 Å². The molecule has 1 nitrogen and oxygen atoms in total. The molecule has 0 N–H and O–H groups in total. The summed E-state index contributed by atoms with van der Waals surface area (Å²) in [4.78, 5) is 9.95. The van der Waals surface area contributed by atoms with Crippen LogP contribution in [-0.4, -0.2) is 6.29 Å². The fourth-order valence-corrected chi connectivity index (χ4v) is 1.57. The first-order valence-electron chi connectivity index (χ1n) is 5.10. The lowest BCUT2D eigenvalue weighted by molar-refractivity contribution is 0.564. The Morgan fingerprint density at radius 2 is 1.75 bits per heavy atom. The van der Waals surface area contributed by atoms with Gasteiger partial charge in [0.2, 0.25) is 6.29 Å². The van der Waals surface area contributed by atoms with Gasteiger partial charge < -0.3 is 0 Å². The van der Waals surface area contributed by atoms with E-state index in [-0.39, 0.29) is 0 Å². The van der Waals surface area contributed by atoms with E-state index in [2.05, 4.69) is 30.3 Å². The van der Waals surface area contributed by atoms with Crippen LogP contribution in [0, 0.1) is 0 Å². The molecule has 16 heavy (non-hydrogen) atoms. The summed E-state index contributed by atoms with van der Waals surface area (Å²) in [5.41, 5.74) is 1.12. The highest BCUT2D eigenvalue weighted by molar-refractivity contribution is 5.84. The van der Waals surface area contributed by atoms with E-state index in [0.717, 1.165) is 5.56 Å². The van der Waals surface area contributed by atoms with E-state index in [0.29, 0.717) is 0 Å². The highest BCUT2D eigenvalue weighted by Gasteiger charge is 1.91. The van der Waals surface area contributed by atoms with Crippen LogP contribution in [0.3, 0.4) is 0 Å². The number of allylic oxidation sites excluding steroid dienone is 3. The van der Waals surface area contributed by atoms with E-state index in [1.807, 2.05) is 24.3 Å². The van der Waals surface area contributed by atoms with Gasteiger partial charge in [-0.25, -0.2) is 0 Å². The van der Waals surface area contributed by atoms with E-state index in [1.165, 1.54) is 16.8 Å². The van der Waals surface area contributed by atoms with Gasteiger partial charge in [-0.3, -0.25) is 4.79 Å². The molecular formula is C15H11O. The Labute approximate surface area is 94.7 Å². The summed E-state index contributed by atoms with van der Waals surface area (Å²) in [6, 6.07) is 14.5. The molecule has 0 spiro atoms. The quantitative estimate of drug-likeness (QED) is 0.556. The normalized spacial score (nSPS) is 11.5. The molecule has 0 amide bonds. The SMILES string of the molecule is O=[C]C=CC=Cc1ccc2ccccc2c1. The highest BCUT2D eigenvalue weighted by Crippen LogP contribution is 2.16. The van der Waals surface area contributed by atoms with Gasteiger partial charge in [0.25, 0.3) is 0 Å². The summed E-state index contributed by atoms with van der Waals surface area (Å²) in [7, 11) is 0. The third-order valence-electron chi connectivity index (χ3n) is 2.34. The summed E-state index contributed by atoms with van der Waals surface area (Å²) < 4.78 is 0. The monoisotopic (exact) mass is 207 g/mol. The average Bonchev–Trinajstić information content (AvgIpc) is 2.34. The Bertz CT molecular complexity index is 550. The Morgan fingerprint density at radius 3 is 2.56 bits per heavy atom. The molecule has 0 bridgehead atoms. The third-order valence-corrected chi connectivity index (χ3v) is 2.34. The van der Waals surface area contributed by atoms with Crippen LogP contribution in [0.15, 0.2) is 60.7 Å². The second kappa shape index (κ2) is 5.08. The van der Waals surface area contributed by atoms with Gasteiger partial charge in [-0.05, 0) is 28.5 Å². The molecule has 0 aliphatic rings. The molecule has 0 unspecified atom stereocenters. The van der Waals surface area contributed by atoms with Crippen LogP contribution in [0.4, 0.5) is 0 Å². The molecule has 0 saturated heterocycles. The second-order valence-corrected chi connectivity index (χ2v) is 3.44. The molecule has 0 aliphatic carbocycles. The number of fused-ring (bicyclic) bond motifs is 1. The van der Waals surface area contributed by atoms with Gasteiger partial charge in [-0.15, -0.1) is 0 Å². The van der Waals surface area contributed by atoms with E-state index in [1.54, 1.807) is 12.4 Å². The minimum atomic E-state index is 1.12. The van der Waals surface area contributed by atoms with Crippen molar-refractivity contribution in [3.63, 3.8) is 0 Å². The second-order valence-electron chi connectivity index (χ2n) is 3.44. The predicted molar refractivity (Wildman–Crippen MR) is 67.8 cm³/mol. The molecule has 0 fully saturated rings. The lowest BCUT2D eigenvalue weighted by atomic mass is 10.1. The van der Waals surface area contributed by atoms with E-state index < -0.39 is 0 Å². The van der Waals surface area contributed by atoms with Crippen molar-refractivity contribution in [2.75, 3.05) is 0 Å².